The van der Waals surface area contributed by atoms with Crippen LogP contribution in [0.15, 0.2) is 71.6 Å². The molecular weight excluding hydrogens is 632 g/mol. The molecule has 0 aromatic heterocycles. The minimum absolute atomic E-state index is 0.0275. The number of anilines is 1. The summed E-state index contributed by atoms with van der Waals surface area (Å²) in [5.41, 5.74) is 4.86. The zero-order valence-electron chi connectivity index (χ0n) is 28.1. The Labute approximate surface area is 284 Å². The van der Waals surface area contributed by atoms with Gasteiger partial charge >= 0.3 is 0 Å². The maximum atomic E-state index is 13.8. The van der Waals surface area contributed by atoms with E-state index in [2.05, 4.69) is 11.0 Å². The zero-order valence-corrected chi connectivity index (χ0v) is 28.9. The number of hydrogen-bond donors (Lipinski definition) is 1. The highest BCUT2D eigenvalue weighted by molar-refractivity contribution is 7.89. The fourth-order valence-electron chi connectivity index (χ4n) is 6.70. The summed E-state index contributed by atoms with van der Waals surface area (Å²) in [5.74, 6) is 0.874. The number of aliphatic hydroxyl groups is 1. The molecule has 6 rings (SSSR count). The van der Waals surface area contributed by atoms with Crippen molar-refractivity contribution >= 4 is 15.7 Å². The zero-order chi connectivity index (χ0) is 33.7. The van der Waals surface area contributed by atoms with E-state index < -0.39 is 28.1 Å². The van der Waals surface area contributed by atoms with E-state index in [1.165, 1.54) is 4.31 Å². The Morgan fingerprint density at radius 3 is 2.44 bits per heavy atom. The summed E-state index contributed by atoms with van der Waals surface area (Å²) in [4.78, 5) is 2.50. The molecule has 3 aliphatic rings. The molecule has 0 radical (unpaired) electrons. The molecule has 0 amide bonds. The highest BCUT2D eigenvalue weighted by Crippen LogP contribution is 2.37. The van der Waals surface area contributed by atoms with Gasteiger partial charge in [-0.1, -0.05) is 48.0 Å². The Kier molecular flexibility index (Phi) is 11.4. The molecule has 2 heterocycles. The van der Waals surface area contributed by atoms with Crippen LogP contribution >= 0.6 is 0 Å². The lowest BCUT2D eigenvalue weighted by Crippen LogP contribution is -2.53. The molecule has 2 aliphatic heterocycles. The van der Waals surface area contributed by atoms with Crippen LogP contribution in [-0.4, -0.2) is 96.4 Å². The second-order valence-corrected chi connectivity index (χ2v) is 15.0. The van der Waals surface area contributed by atoms with E-state index in [1.54, 1.807) is 38.5 Å². The smallest absolute Gasteiger partial charge is 0.243 e. The number of nitrogens with zero attached hydrogens (tertiary/aromatic N) is 2. The molecule has 3 aromatic rings. The minimum atomic E-state index is -3.85. The molecule has 5 atom stereocenters. The van der Waals surface area contributed by atoms with E-state index in [4.69, 9.17) is 23.7 Å². The Hall–Kier alpha value is -3.03. The van der Waals surface area contributed by atoms with Crippen molar-refractivity contribution < 1.29 is 37.2 Å². The van der Waals surface area contributed by atoms with Gasteiger partial charge in [0.05, 0.1) is 55.3 Å². The Morgan fingerprint density at radius 2 is 1.71 bits per heavy atom. The average molecular weight is 681 g/mol. The van der Waals surface area contributed by atoms with Crippen LogP contribution < -0.4 is 9.64 Å². The van der Waals surface area contributed by atoms with Crippen LogP contribution in [0.1, 0.15) is 41.0 Å². The monoisotopic (exact) mass is 680 g/mol. The number of sulfonamides is 1. The number of methoxy groups -OCH3 is 2. The number of aliphatic hydroxyl groups excluding tert-OH is 1. The minimum Gasteiger partial charge on any atom is -0.490 e. The van der Waals surface area contributed by atoms with Crippen LogP contribution in [0.5, 0.6) is 5.75 Å². The molecule has 11 heteroatoms. The van der Waals surface area contributed by atoms with Gasteiger partial charge in [0.1, 0.15) is 12.4 Å². The molecule has 2 fully saturated rings. The van der Waals surface area contributed by atoms with Crippen molar-refractivity contribution in [3.05, 3.63) is 89.0 Å². The van der Waals surface area contributed by atoms with Crippen LogP contribution in [0.3, 0.4) is 0 Å². The molecule has 0 spiro atoms. The number of β-amino-alcohol motifs (C(OH)–C–C–N with tert-alkyl or cyclic N) is 1. The van der Waals surface area contributed by atoms with Crippen molar-refractivity contribution in [2.24, 2.45) is 5.92 Å². The van der Waals surface area contributed by atoms with E-state index in [9.17, 15) is 13.5 Å². The summed E-state index contributed by atoms with van der Waals surface area (Å²) in [5, 5.41) is 11.6. The van der Waals surface area contributed by atoms with Gasteiger partial charge in [-0.15, -0.1) is 0 Å². The number of fused-ring (bicyclic) bond motifs is 1. The predicted molar refractivity (Wildman–Crippen MR) is 183 cm³/mol. The maximum Gasteiger partial charge on any atom is 0.243 e. The molecule has 1 saturated heterocycles. The van der Waals surface area contributed by atoms with Gasteiger partial charge < -0.3 is 33.7 Å². The number of benzene rings is 3. The Balaban J connectivity index is 1.20. The van der Waals surface area contributed by atoms with Gasteiger partial charge in [-0.2, -0.15) is 4.31 Å². The summed E-state index contributed by atoms with van der Waals surface area (Å²) in [6.45, 7) is 6.38. The van der Waals surface area contributed by atoms with Gasteiger partial charge in [0.2, 0.25) is 10.0 Å². The quantitative estimate of drug-likeness (QED) is 0.232. The lowest BCUT2D eigenvalue weighted by atomic mass is 9.85. The topological polar surface area (TPSA) is 107 Å². The summed E-state index contributed by atoms with van der Waals surface area (Å²) in [6, 6.07) is 20.9. The fourth-order valence-corrected chi connectivity index (χ4v) is 8.17. The molecule has 1 saturated carbocycles. The number of aryl methyl sites for hydroxylation is 1. The van der Waals surface area contributed by atoms with Crippen molar-refractivity contribution in [2.45, 2.75) is 62.1 Å². The Morgan fingerprint density at radius 1 is 0.938 bits per heavy atom. The first-order valence-corrected chi connectivity index (χ1v) is 18.3. The third-order valence-electron chi connectivity index (χ3n) is 9.60. The maximum absolute atomic E-state index is 13.8. The van der Waals surface area contributed by atoms with E-state index >= 15 is 0 Å². The summed E-state index contributed by atoms with van der Waals surface area (Å²) in [6.07, 6.45) is 0.686. The largest absolute Gasteiger partial charge is 0.490 e. The van der Waals surface area contributed by atoms with Gasteiger partial charge in [-0.25, -0.2) is 8.42 Å². The lowest BCUT2D eigenvalue weighted by Gasteiger charge is -2.41. The summed E-state index contributed by atoms with van der Waals surface area (Å²) < 4.78 is 57.9. The van der Waals surface area contributed by atoms with Crippen LogP contribution in [-0.2, 0) is 42.2 Å². The van der Waals surface area contributed by atoms with Gasteiger partial charge in [0, 0.05) is 52.3 Å². The first kappa shape index (κ1) is 34.8. The van der Waals surface area contributed by atoms with Crippen molar-refractivity contribution in [3.8, 4) is 5.75 Å². The first-order valence-electron chi connectivity index (χ1n) is 16.8. The third-order valence-corrected chi connectivity index (χ3v) is 11.4. The normalized spacial score (nSPS) is 24.2. The van der Waals surface area contributed by atoms with Crippen molar-refractivity contribution in [2.75, 3.05) is 65.1 Å². The molecule has 1 N–H and O–H groups in total. The molecule has 48 heavy (non-hydrogen) atoms. The van der Waals surface area contributed by atoms with Crippen molar-refractivity contribution in [3.63, 3.8) is 0 Å². The highest BCUT2D eigenvalue weighted by atomic mass is 32.2. The molecular formula is C37H48N2O8S. The average Bonchev–Trinajstić information content (AvgIpc) is 3.86. The number of ether oxygens (including phenoxy) is 5. The van der Waals surface area contributed by atoms with Crippen LogP contribution in [0.25, 0.3) is 0 Å². The van der Waals surface area contributed by atoms with Crippen LogP contribution in [0, 0.1) is 12.8 Å². The van der Waals surface area contributed by atoms with E-state index in [0.29, 0.717) is 38.4 Å². The Bertz CT molecular complexity index is 1600. The van der Waals surface area contributed by atoms with Crippen molar-refractivity contribution in [1.82, 2.24) is 4.31 Å². The standard InChI is InChI=1S/C37H48N2O8S/c1-26-5-12-31(13-6-26)48(41,42)39-21-33(40)37(29-10-7-27(8-11-29)23-45-25-30-20-35(30)44-3)36(22-39)47-24-28-9-14-34-32(19-28)38(16-18-46-34)15-4-17-43-2/h5-14,19,30,33,35-37,40H,4,15-18,20-25H2,1-3H3/t30-,33+,35-,36-,37-/m0/s1. The second kappa shape index (κ2) is 15.7. The summed E-state index contributed by atoms with van der Waals surface area (Å²) in [7, 11) is -0.410. The molecule has 260 valence electrons. The third kappa shape index (κ3) is 8.22. The molecule has 10 nitrogen and oxygen atoms in total. The van der Waals surface area contributed by atoms with Gasteiger partial charge in [-0.05, 0) is 60.7 Å². The first-order chi connectivity index (χ1) is 23.3. The predicted octanol–water partition coefficient (Wildman–Crippen LogP) is 4.52. The van der Waals surface area contributed by atoms with Crippen molar-refractivity contribution in [1.29, 1.82) is 0 Å². The number of hydrogen-bond acceptors (Lipinski definition) is 9. The molecule has 0 bridgehead atoms. The lowest BCUT2D eigenvalue weighted by molar-refractivity contribution is -0.0534. The SMILES string of the molecule is COCCCN1CCOc2ccc(CO[C@H]3CN(S(=O)(=O)c4ccc(C)cc4)C[C@@H](O)[C@@H]3c3ccc(COC[C@@H]4C[C@@H]4OC)cc3)cc21. The van der Waals surface area contributed by atoms with Crippen LogP contribution in [0.4, 0.5) is 5.69 Å². The number of piperidine rings is 1. The van der Waals surface area contributed by atoms with E-state index in [0.717, 1.165) is 59.6 Å². The van der Waals surface area contributed by atoms with E-state index in [-0.39, 0.29) is 24.6 Å². The number of rotatable bonds is 15. The second-order valence-electron chi connectivity index (χ2n) is 13.1. The van der Waals surface area contributed by atoms with Crippen LogP contribution in [0.2, 0.25) is 0 Å². The van der Waals surface area contributed by atoms with E-state index in [1.807, 2.05) is 43.3 Å². The molecule has 3 aromatic carbocycles. The van der Waals surface area contributed by atoms with Gasteiger partial charge in [0.25, 0.3) is 0 Å². The molecule has 0 unspecified atom stereocenters. The highest BCUT2D eigenvalue weighted by Gasteiger charge is 2.42. The van der Waals surface area contributed by atoms with Gasteiger partial charge in [0.15, 0.2) is 0 Å². The molecule has 1 aliphatic carbocycles. The fraction of sp³-hybridized carbons (Fsp3) is 0.514. The van der Waals surface area contributed by atoms with Gasteiger partial charge in [-0.3, -0.25) is 0 Å². The summed E-state index contributed by atoms with van der Waals surface area (Å²) >= 11 is 0.